The van der Waals surface area contributed by atoms with Crippen molar-refractivity contribution in [3.05, 3.63) is 29.6 Å². The molecular formula is C15H14F3NO5. The van der Waals surface area contributed by atoms with Crippen molar-refractivity contribution in [1.82, 2.24) is 0 Å². The number of cyclic esters (lactones) is 2. The van der Waals surface area contributed by atoms with Gasteiger partial charge in [0.15, 0.2) is 17.5 Å². The molecule has 0 bridgehead atoms. The van der Waals surface area contributed by atoms with Crippen LogP contribution in [0.25, 0.3) is 0 Å². The molecule has 2 saturated heterocycles. The van der Waals surface area contributed by atoms with Crippen molar-refractivity contribution in [2.75, 3.05) is 24.9 Å². The number of nitrogens with zero attached hydrogens (tertiary/aromatic N) is 1. The fourth-order valence-corrected chi connectivity index (χ4v) is 2.85. The van der Waals surface area contributed by atoms with Crippen LogP contribution in [0.1, 0.15) is 12.8 Å². The summed E-state index contributed by atoms with van der Waals surface area (Å²) in [5.74, 6) is -6.23. The summed E-state index contributed by atoms with van der Waals surface area (Å²) in [6.45, 7) is 0.191. The monoisotopic (exact) mass is 345 g/mol. The van der Waals surface area contributed by atoms with Gasteiger partial charge in [0, 0.05) is 37.1 Å². The van der Waals surface area contributed by atoms with E-state index in [1.54, 1.807) is 0 Å². The van der Waals surface area contributed by atoms with E-state index in [0.29, 0.717) is 26.1 Å². The van der Waals surface area contributed by atoms with Crippen LogP contribution in [-0.4, -0.2) is 44.0 Å². The minimum absolute atomic E-state index is 0.140. The highest BCUT2D eigenvalue weighted by Gasteiger charge is 2.43. The number of benzene rings is 1. The zero-order valence-corrected chi connectivity index (χ0v) is 12.5. The lowest BCUT2D eigenvalue weighted by Crippen LogP contribution is -2.56. The number of hydrogen-bond acceptors (Lipinski definition) is 6. The van der Waals surface area contributed by atoms with E-state index < -0.39 is 48.3 Å². The third-order valence-corrected chi connectivity index (χ3v) is 3.98. The van der Waals surface area contributed by atoms with Crippen molar-refractivity contribution in [3.8, 4) is 0 Å². The lowest BCUT2D eigenvalue weighted by atomic mass is 10.0. The topological polar surface area (TPSA) is 65.1 Å². The molecule has 0 aromatic heterocycles. The van der Waals surface area contributed by atoms with E-state index in [4.69, 9.17) is 14.2 Å². The number of carbonyl (C=O) groups excluding carboxylic acids is 2. The molecule has 1 aromatic rings. The Morgan fingerprint density at radius 3 is 2.04 bits per heavy atom. The van der Waals surface area contributed by atoms with Crippen LogP contribution in [0.5, 0.6) is 0 Å². The summed E-state index contributed by atoms with van der Waals surface area (Å²) in [6, 6.07) is -0.455. The van der Waals surface area contributed by atoms with E-state index in [0.717, 1.165) is 12.1 Å². The molecule has 0 unspecified atom stereocenters. The Labute approximate surface area is 135 Å². The Kier molecular flexibility index (Phi) is 4.61. The van der Waals surface area contributed by atoms with Gasteiger partial charge in [-0.3, -0.25) is 0 Å². The molecule has 2 aliphatic rings. The maximum absolute atomic E-state index is 13.6. The van der Waals surface area contributed by atoms with Gasteiger partial charge in [-0.25, -0.2) is 22.8 Å². The summed E-state index contributed by atoms with van der Waals surface area (Å²) >= 11 is 0. The summed E-state index contributed by atoms with van der Waals surface area (Å²) in [7, 11) is 0. The van der Waals surface area contributed by atoms with Crippen molar-refractivity contribution in [2.45, 2.75) is 24.9 Å². The number of hydrogen-bond donors (Lipinski definition) is 0. The Morgan fingerprint density at radius 2 is 1.50 bits per heavy atom. The van der Waals surface area contributed by atoms with Gasteiger partial charge >= 0.3 is 11.9 Å². The molecule has 0 spiro atoms. The molecule has 0 aliphatic carbocycles. The first-order chi connectivity index (χ1) is 11.5. The highest BCUT2D eigenvalue weighted by molar-refractivity contribution is 6.03. The fraction of sp³-hybridized carbons (Fsp3) is 0.467. The molecule has 0 amide bonds. The Bertz CT molecular complexity index is 624. The van der Waals surface area contributed by atoms with E-state index in [1.165, 1.54) is 4.90 Å². The second-order valence-corrected chi connectivity index (χ2v) is 5.42. The van der Waals surface area contributed by atoms with Crippen LogP contribution in [0.2, 0.25) is 0 Å². The molecule has 6 nitrogen and oxygen atoms in total. The Balaban J connectivity index is 2.04. The maximum Gasteiger partial charge on any atom is 0.343 e. The van der Waals surface area contributed by atoms with Gasteiger partial charge < -0.3 is 19.1 Å². The summed E-state index contributed by atoms with van der Waals surface area (Å²) in [6.07, 6.45) is 0.829. The van der Waals surface area contributed by atoms with Gasteiger partial charge in [0.05, 0.1) is 0 Å². The Hall–Kier alpha value is -2.29. The SMILES string of the molecule is O=C1OCOC(=O)C1N(c1cc(F)c(F)c(F)c1)C1CCOCC1. The lowest BCUT2D eigenvalue weighted by Gasteiger charge is -2.40. The molecular weight excluding hydrogens is 331 g/mol. The molecule has 0 atom stereocenters. The van der Waals surface area contributed by atoms with Crippen molar-refractivity contribution < 1.29 is 37.0 Å². The minimum atomic E-state index is -1.63. The van der Waals surface area contributed by atoms with Crippen LogP contribution < -0.4 is 4.90 Å². The molecule has 3 rings (SSSR count). The van der Waals surface area contributed by atoms with Crippen LogP contribution in [0, 0.1) is 17.5 Å². The Morgan fingerprint density at radius 1 is 0.958 bits per heavy atom. The quantitative estimate of drug-likeness (QED) is 0.470. The van der Waals surface area contributed by atoms with Gasteiger partial charge in [0.1, 0.15) is 0 Å². The smallest absolute Gasteiger partial charge is 0.343 e. The summed E-state index contributed by atoms with van der Waals surface area (Å²) in [5, 5.41) is 0. The van der Waals surface area contributed by atoms with Gasteiger partial charge in [-0.05, 0) is 12.8 Å². The number of esters is 2. The molecule has 1 aromatic carbocycles. The summed E-state index contributed by atoms with van der Waals surface area (Å²) < 4.78 is 55.2. The van der Waals surface area contributed by atoms with Crippen LogP contribution in [0.4, 0.5) is 18.9 Å². The summed E-state index contributed by atoms with van der Waals surface area (Å²) in [5.41, 5.74) is -0.140. The molecule has 0 radical (unpaired) electrons. The molecule has 24 heavy (non-hydrogen) atoms. The molecule has 2 aliphatic heterocycles. The van der Waals surface area contributed by atoms with Crippen LogP contribution in [0.15, 0.2) is 12.1 Å². The predicted molar refractivity (Wildman–Crippen MR) is 73.5 cm³/mol. The average molecular weight is 345 g/mol. The lowest BCUT2D eigenvalue weighted by molar-refractivity contribution is -0.184. The first-order valence-corrected chi connectivity index (χ1v) is 7.33. The molecule has 0 saturated carbocycles. The molecule has 2 fully saturated rings. The highest BCUT2D eigenvalue weighted by Crippen LogP contribution is 2.30. The van der Waals surface area contributed by atoms with E-state index >= 15 is 0 Å². The van der Waals surface area contributed by atoms with Gasteiger partial charge in [0.25, 0.3) is 0 Å². The normalized spacial score (nSPS) is 19.8. The molecule has 9 heteroatoms. The summed E-state index contributed by atoms with van der Waals surface area (Å²) in [4.78, 5) is 25.3. The first kappa shape index (κ1) is 16.6. The number of halogens is 3. The van der Waals surface area contributed by atoms with E-state index in [1.807, 2.05) is 0 Å². The van der Waals surface area contributed by atoms with Gasteiger partial charge in [-0.15, -0.1) is 0 Å². The second-order valence-electron chi connectivity index (χ2n) is 5.42. The third kappa shape index (κ3) is 3.03. The molecule has 2 heterocycles. The van der Waals surface area contributed by atoms with Crippen LogP contribution >= 0.6 is 0 Å². The van der Waals surface area contributed by atoms with Crippen LogP contribution in [-0.2, 0) is 23.8 Å². The standard InChI is InChI=1S/C15H14F3NO5/c16-10-5-9(6-11(17)12(10)18)19(8-1-3-22-4-2-8)13-14(20)23-7-24-15(13)21/h5-6,8,13H,1-4,7H2. The largest absolute Gasteiger partial charge is 0.426 e. The van der Waals surface area contributed by atoms with Crippen LogP contribution in [0.3, 0.4) is 0 Å². The maximum atomic E-state index is 13.6. The predicted octanol–water partition coefficient (Wildman–Crippen LogP) is 1.52. The fourth-order valence-electron chi connectivity index (χ4n) is 2.85. The van der Waals surface area contributed by atoms with Gasteiger partial charge in [-0.1, -0.05) is 0 Å². The minimum Gasteiger partial charge on any atom is -0.426 e. The number of carbonyl (C=O) groups is 2. The van der Waals surface area contributed by atoms with Gasteiger partial charge in [0.2, 0.25) is 12.8 Å². The zero-order chi connectivity index (χ0) is 17.3. The van der Waals surface area contributed by atoms with Gasteiger partial charge in [-0.2, -0.15) is 0 Å². The first-order valence-electron chi connectivity index (χ1n) is 7.33. The van der Waals surface area contributed by atoms with Crippen molar-refractivity contribution >= 4 is 17.6 Å². The van der Waals surface area contributed by atoms with Crippen molar-refractivity contribution in [1.29, 1.82) is 0 Å². The zero-order valence-electron chi connectivity index (χ0n) is 12.5. The average Bonchev–Trinajstić information content (AvgIpc) is 2.56. The van der Waals surface area contributed by atoms with Crippen molar-refractivity contribution in [2.24, 2.45) is 0 Å². The highest BCUT2D eigenvalue weighted by atomic mass is 19.2. The third-order valence-electron chi connectivity index (χ3n) is 3.98. The number of rotatable bonds is 3. The second kappa shape index (κ2) is 6.68. The molecule has 130 valence electrons. The number of anilines is 1. The van der Waals surface area contributed by atoms with E-state index in [2.05, 4.69) is 0 Å². The molecule has 0 N–H and O–H groups in total. The number of ether oxygens (including phenoxy) is 3. The van der Waals surface area contributed by atoms with E-state index in [-0.39, 0.29) is 5.69 Å². The van der Waals surface area contributed by atoms with Crippen molar-refractivity contribution in [3.63, 3.8) is 0 Å². The van der Waals surface area contributed by atoms with E-state index in [9.17, 15) is 22.8 Å².